The Morgan fingerprint density at radius 1 is 1.05 bits per heavy atom. The van der Waals surface area contributed by atoms with E-state index in [1.165, 1.54) is 25.3 Å². The lowest BCUT2D eigenvalue weighted by Crippen LogP contribution is -2.06. The van der Waals surface area contributed by atoms with Crippen LogP contribution in [0.1, 0.15) is 18.1 Å². The van der Waals surface area contributed by atoms with Gasteiger partial charge in [0.1, 0.15) is 23.9 Å². The zero-order valence-corrected chi connectivity index (χ0v) is 12.3. The maximum Gasteiger partial charge on any atom is 0.169 e. The van der Waals surface area contributed by atoms with Crippen LogP contribution in [0, 0.1) is 17.5 Å². The van der Waals surface area contributed by atoms with Crippen LogP contribution in [-0.2, 0) is 13.0 Å². The second-order valence-corrected chi connectivity index (χ2v) is 4.67. The van der Waals surface area contributed by atoms with Gasteiger partial charge in [-0.2, -0.15) is 0 Å². The molecular formula is C16H16F3NO2. The number of anilines is 1. The molecular weight excluding hydrogens is 295 g/mol. The average molecular weight is 311 g/mol. The first-order valence-corrected chi connectivity index (χ1v) is 6.69. The Morgan fingerprint density at radius 3 is 2.41 bits per heavy atom. The van der Waals surface area contributed by atoms with Crippen LogP contribution < -0.4 is 15.2 Å². The van der Waals surface area contributed by atoms with E-state index in [4.69, 9.17) is 15.2 Å². The molecule has 0 radical (unpaired) electrons. The fourth-order valence-electron chi connectivity index (χ4n) is 2.07. The molecule has 0 aromatic heterocycles. The van der Waals surface area contributed by atoms with Gasteiger partial charge in [-0.1, -0.05) is 6.92 Å². The molecule has 2 rings (SSSR count). The highest BCUT2D eigenvalue weighted by molar-refractivity contribution is 5.50. The lowest BCUT2D eigenvalue weighted by Gasteiger charge is -2.14. The summed E-state index contributed by atoms with van der Waals surface area (Å²) < 4.78 is 51.1. The summed E-state index contributed by atoms with van der Waals surface area (Å²) >= 11 is 0. The number of halogens is 3. The highest BCUT2D eigenvalue weighted by atomic mass is 19.2. The minimum Gasteiger partial charge on any atom is -0.496 e. The van der Waals surface area contributed by atoms with E-state index in [1.807, 2.05) is 6.92 Å². The van der Waals surface area contributed by atoms with Crippen molar-refractivity contribution in [2.75, 3.05) is 12.8 Å². The molecule has 0 amide bonds. The van der Waals surface area contributed by atoms with E-state index in [0.717, 1.165) is 6.07 Å². The van der Waals surface area contributed by atoms with Crippen LogP contribution in [0.5, 0.6) is 11.5 Å². The minimum atomic E-state index is -1.03. The Bertz CT molecular complexity index is 690. The number of aryl methyl sites for hydroxylation is 1. The standard InChI is InChI=1S/C16H16F3NO2/c1-3-9-6-12(18)13(20)7-15(9)22-8-10-14(21-2)5-4-11(17)16(10)19/h4-7H,3,8,20H2,1-2H3. The highest BCUT2D eigenvalue weighted by Crippen LogP contribution is 2.29. The summed E-state index contributed by atoms with van der Waals surface area (Å²) in [6, 6.07) is 4.89. The van der Waals surface area contributed by atoms with Gasteiger partial charge in [0.2, 0.25) is 0 Å². The van der Waals surface area contributed by atoms with Crippen LogP contribution in [0.15, 0.2) is 24.3 Å². The SMILES string of the molecule is CCc1cc(F)c(N)cc1OCc1c(OC)ccc(F)c1F. The Balaban J connectivity index is 2.31. The lowest BCUT2D eigenvalue weighted by molar-refractivity contribution is 0.283. The van der Waals surface area contributed by atoms with Gasteiger partial charge in [-0.05, 0) is 30.2 Å². The molecule has 0 fully saturated rings. The van der Waals surface area contributed by atoms with E-state index in [-0.39, 0.29) is 23.6 Å². The summed E-state index contributed by atoms with van der Waals surface area (Å²) in [5.74, 6) is -2.07. The third kappa shape index (κ3) is 3.10. The Morgan fingerprint density at radius 2 is 1.77 bits per heavy atom. The van der Waals surface area contributed by atoms with Crippen LogP contribution >= 0.6 is 0 Å². The molecule has 3 nitrogen and oxygen atoms in total. The molecule has 0 aliphatic carbocycles. The predicted molar refractivity (Wildman–Crippen MR) is 77.4 cm³/mol. The van der Waals surface area contributed by atoms with Crippen molar-refractivity contribution >= 4 is 5.69 Å². The molecule has 0 atom stereocenters. The molecule has 0 spiro atoms. The topological polar surface area (TPSA) is 44.5 Å². The summed E-state index contributed by atoms with van der Waals surface area (Å²) in [6.45, 7) is 1.56. The third-order valence-electron chi connectivity index (χ3n) is 3.31. The molecule has 0 bridgehead atoms. The van der Waals surface area contributed by atoms with Crippen LogP contribution in [-0.4, -0.2) is 7.11 Å². The second kappa shape index (κ2) is 6.60. The molecule has 0 heterocycles. The molecule has 118 valence electrons. The largest absolute Gasteiger partial charge is 0.496 e. The number of methoxy groups -OCH3 is 1. The summed E-state index contributed by atoms with van der Waals surface area (Å²) in [7, 11) is 1.35. The molecule has 0 aliphatic rings. The molecule has 0 unspecified atom stereocenters. The number of benzene rings is 2. The van der Waals surface area contributed by atoms with Crippen LogP contribution in [0.4, 0.5) is 18.9 Å². The van der Waals surface area contributed by atoms with Crippen LogP contribution in [0.3, 0.4) is 0 Å². The number of hydrogen-bond acceptors (Lipinski definition) is 3. The van der Waals surface area contributed by atoms with Crippen molar-refractivity contribution in [3.05, 3.63) is 52.8 Å². The third-order valence-corrected chi connectivity index (χ3v) is 3.31. The van der Waals surface area contributed by atoms with Gasteiger partial charge >= 0.3 is 0 Å². The molecule has 0 saturated heterocycles. The van der Waals surface area contributed by atoms with Gasteiger partial charge in [-0.3, -0.25) is 0 Å². The van der Waals surface area contributed by atoms with E-state index in [2.05, 4.69) is 0 Å². The van der Waals surface area contributed by atoms with Gasteiger partial charge in [0.25, 0.3) is 0 Å². The molecule has 0 saturated carbocycles. The zero-order chi connectivity index (χ0) is 16.3. The second-order valence-electron chi connectivity index (χ2n) is 4.67. The first kappa shape index (κ1) is 16.0. The zero-order valence-electron chi connectivity index (χ0n) is 12.3. The van der Waals surface area contributed by atoms with E-state index in [9.17, 15) is 13.2 Å². The number of hydrogen-bond donors (Lipinski definition) is 1. The lowest BCUT2D eigenvalue weighted by atomic mass is 10.1. The van der Waals surface area contributed by atoms with E-state index in [0.29, 0.717) is 17.7 Å². The van der Waals surface area contributed by atoms with Crippen molar-refractivity contribution in [2.45, 2.75) is 20.0 Å². The quantitative estimate of drug-likeness (QED) is 0.853. The molecule has 2 N–H and O–H groups in total. The molecule has 2 aromatic rings. The Labute approximate surface area is 126 Å². The molecule has 0 aliphatic heterocycles. The van der Waals surface area contributed by atoms with Crippen molar-refractivity contribution in [1.82, 2.24) is 0 Å². The fourth-order valence-corrected chi connectivity index (χ4v) is 2.07. The summed E-state index contributed by atoms with van der Waals surface area (Å²) in [4.78, 5) is 0. The van der Waals surface area contributed by atoms with Gasteiger partial charge in [-0.25, -0.2) is 13.2 Å². The van der Waals surface area contributed by atoms with Crippen molar-refractivity contribution in [3.8, 4) is 11.5 Å². The maximum atomic E-state index is 13.9. The van der Waals surface area contributed by atoms with Gasteiger partial charge in [0.15, 0.2) is 11.6 Å². The van der Waals surface area contributed by atoms with E-state index >= 15 is 0 Å². The van der Waals surface area contributed by atoms with Gasteiger partial charge in [0, 0.05) is 6.07 Å². The first-order chi connectivity index (χ1) is 10.5. The summed E-state index contributed by atoms with van der Waals surface area (Å²) in [6.07, 6.45) is 0.509. The minimum absolute atomic E-state index is 0.0487. The number of nitrogen functional groups attached to an aromatic ring is 1. The van der Waals surface area contributed by atoms with Gasteiger partial charge < -0.3 is 15.2 Å². The number of ether oxygens (including phenoxy) is 2. The van der Waals surface area contributed by atoms with Gasteiger partial charge in [0.05, 0.1) is 18.4 Å². The number of nitrogens with two attached hydrogens (primary N) is 1. The molecule has 22 heavy (non-hydrogen) atoms. The van der Waals surface area contributed by atoms with Crippen molar-refractivity contribution in [3.63, 3.8) is 0 Å². The fraction of sp³-hybridized carbons (Fsp3) is 0.250. The maximum absolute atomic E-state index is 13.9. The smallest absolute Gasteiger partial charge is 0.169 e. The van der Waals surface area contributed by atoms with Gasteiger partial charge in [-0.15, -0.1) is 0 Å². The van der Waals surface area contributed by atoms with Crippen molar-refractivity contribution in [1.29, 1.82) is 0 Å². The van der Waals surface area contributed by atoms with E-state index < -0.39 is 17.5 Å². The number of rotatable bonds is 5. The Hall–Kier alpha value is -2.37. The highest BCUT2D eigenvalue weighted by Gasteiger charge is 2.16. The summed E-state index contributed by atoms with van der Waals surface area (Å²) in [5.41, 5.74) is 5.98. The van der Waals surface area contributed by atoms with E-state index in [1.54, 1.807) is 0 Å². The van der Waals surface area contributed by atoms with Crippen molar-refractivity contribution < 1.29 is 22.6 Å². The summed E-state index contributed by atoms with van der Waals surface area (Å²) in [5, 5.41) is 0. The Kier molecular flexibility index (Phi) is 4.80. The van der Waals surface area contributed by atoms with Crippen LogP contribution in [0.25, 0.3) is 0 Å². The van der Waals surface area contributed by atoms with Crippen molar-refractivity contribution in [2.24, 2.45) is 0 Å². The molecule has 2 aromatic carbocycles. The molecule has 6 heteroatoms. The monoisotopic (exact) mass is 311 g/mol. The average Bonchev–Trinajstić information content (AvgIpc) is 2.51. The first-order valence-electron chi connectivity index (χ1n) is 6.69. The van der Waals surface area contributed by atoms with Crippen LogP contribution in [0.2, 0.25) is 0 Å². The predicted octanol–water partition coefficient (Wildman–Crippen LogP) is 3.84. The normalized spacial score (nSPS) is 10.6.